The fraction of sp³-hybridized carbons (Fsp3) is 0.750. The van der Waals surface area contributed by atoms with Crippen molar-refractivity contribution in [2.75, 3.05) is 6.54 Å². The predicted molar refractivity (Wildman–Crippen MR) is 71.1 cm³/mol. The van der Waals surface area contributed by atoms with Gasteiger partial charge in [0.15, 0.2) is 5.03 Å². The Balaban J connectivity index is 1.94. The van der Waals surface area contributed by atoms with Crippen molar-refractivity contribution in [2.45, 2.75) is 43.7 Å². The summed E-state index contributed by atoms with van der Waals surface area (Å²) >= 11 is 0. The van der Waals surface area contributed by atoms with Crippen LogP contribution >= 0.6 is 0 Å². The average Bonchev–Trinajstić information content (AvgIpc) is 2.70. The first kappa shape index (κ1) is 14.5. The molecule has 0 aliphatic heterocycles. The Morgan fingerprint density at radius 2 is 2.05 bits per heavy atom. The van der Waals surface area contributed by atoms with E-state index >= 15 is 0 Å². The van der Waals surface area contributed by atoms with Crippen molar-refractivity contribution < 1.29 is 13.5 Å². The fourth-order valence-electron chi connectivity index (χ4n) is 2.31. The zero-order valence-electron chi connectivity index (χ0n) is 11.3. The van der Waals surface area contributed by atoms with Crippen LogP contribution in [0.15, 0.2) is 11.2 Å². The molecule has 6 nitrogen and oxygen atoms in total. The van der Waals surface area contributed by atoms with Crippen LogP contribution in [0, 0.1) is 12.8 Å². The standard InChI is InChI=1S/C12H21N3O3S/c1-9-14-12(8-15(9)2)19(17,18)13-7-10-3-5-11(16)6-4-10/h8,10-11,13,16H,3-7H2,1-2H3. The highest BCUT2D eigenvalue weighted by Gasteiger charge is 2.23. The predicted octanol–water partition coefficient (Wildman–Crippen LogP) is 0.558. The Hall–Kier alpha value is -0.920. The van der Waals surface area contributed by atoms with E-state index in [0.717, 1.165) is 25.7 Å². The minimum absolute atomic E-state index is 0.0725. The summed E-state index contributed by atoms with van der Waals surface area (Å²) in [4.78, 5) is 4.03. The summed E-state index contributed by atoms with van der Waals surface area (Å²) in [5.41, 5.74) is 0. The first-order valence-corrected chi connectivity index (χ1v) is 8.04. The van der Waals surface area contributed by atoms with Gasteiger partial charge in [-0.25, -0.2) is 18.1 Å². The molecule has 0 amide bonds. The summed E-state index contributed by atoms with van der Waals surface area (Å²) in [6.07, 6.45) is 4.55. The third-order valence-corrected chi connectivity index (χ3v) is 5.03. The summed E-state index contributed by atoms with van der Waals surface area (Å²) in [6, 6.07) is 0. The molecule has 1 aromatic rings. The van der Waals surface area contributed by atoms with Gasteiger partial charge in [-0.3, -0.25) is 0 Å². The molecule has 1 aromatic heterocycles. The van der Waals surface area contributed by atoms with E-state index < -0.39 is 10.0 Å². The van der Waals surface area contributed by atoms with Crippen molar-refractivity contribution in [1.29, 1.82) is 0 Å². The number of aliphatic hydroxyl groups is 1. The highest BCUT2D eigenvalue weighted by molar-refractivity contribution is 7.89. The van der Waals surface area contributed by atoms with Gasteiger partial charge in [0.05, 0.1) is 6.10 Å². The number of imidazole rings is 1. The number of aryl methyl sites for hydroxylation is 2. The summed E-state index contributed by atoms with van der Waals surface area (Å²) in [6.45, 7) is 2.19. The number of hydrogen-bond acceptors (Lipinski definition) is 4. The lowest BCUT2D eigenvalue weighted by Gasteiger charge is -2.25. The van der Waals surface area contributed by atoms with Crippen molar-refractivity contribution in [3.63, 3.8) is 0 Å². The van der Waals surface area contributed by atoms with Crippen molar-refractivity contribution in [3.05, 3.63) is 12.0 Å². The lowest BCUT2D eigenvalue weighted by atomic mass is 9.88. The Morgan fingerprint density at radius 1 is 1.42 bits per heavy atom. The number of sulfonamides is 1. The Kier molecular flexibility index (Phi) is 4.27. The molecule has 1 aliphatic carbocycles. The molecule has 0 atom stereocenters. The lowest BCUT2D eigenvalue weighted by Crippen LogP contribution is -2.32. The molecule has 0 saturated heterocycles. The molecule has 1 heterocycles. The molecule has 0 bridgehead atoms. The Bertz CT molecular complexity index is 511. The molecule has 2 rings (SSSR count). The highest BCUT2D eigenvalue weighted by Crippen LogP contribution is 2.23. The quantitative estimate of drug-likeness (QED) is 0.847. The van der Waals surface area contributed by atoms with Gasteiger partial charge in [0.1, 0.15) is 5.82 Å². The second kappa shape index (κ2) is 5.60. The van der Waals surface area contributed by atoms with E-state index in [2.05, 4.69) is 9.71 Å². The molecule has 0 unspecified atom stereocenters. The molecule has 7 heteroatoms. The number of nitrogens with zero attached hydrogens (tertiary/aromatic N) is 2. The largest absolute Gasteiger partial charge is 0.393 e. The van der Waals surface area contributed by atoms with E-state index in [1.54, 1.807) is 18.5 Å². The van der Waals surface area contributed by atoms with Gasteiger partial charge in [-0.15, -0.1) is 0 Å². The minimum atomic E-state index is -3.52. The molecular formula is C12H21N3O3S. The van der Waals surface area contributed by atoms with Crippen LogP contribution in [0.25, 0.3) is 0 Å². The van der Waals surface area contributed by atoms with Gasteiger partial charge in [-0.1, -0.05) is 0 Å². The summed E-state index contributed by atoms with van der Waals surface area (Å²) in [5.74, 6) is 0.976. The Morgan fingerprint density at radius 3 is 2.58 bits per heavy atom. The van der Waals surface area contributed by atoms with Crippen LogP contribution in [0.2, 0.25) is 0 Å². The van der Waals surface area contributed by atoms with Crippen LogP contribution in [0.1, 0.15) is 31.5 Å². The molecule has 0 aromatic carbocycles. The maximum absolute atomic E-state index is 12.1. The topological polar surface area (TPSA) is 84.2 Å². The van der Waals surface area contributed by atoms with Gasteiger partial charge >= 0.3 is 0 Å². The first-order chi connectivity index (χ1) is 8.88. The maximum atomic E-state index is 12.1. The van der Waals surface area contributed by atoms with Gasteiger partial charge in [-0.05, 0) is 38.5 Å². The highest BCUT2D eigenvalue weighted by atomic mass is 32.2. The van der Waals surface area contributed by atoms with Crippen LogP contribution in [0.5, 0.6) is 0 Å². The third-order valence-electron chi connectivity index (χ3n) is 3.74. The van der Waals surface area contributed by atoms with Gasteiger partial charge in [0.25, 0.3) is 10.0 Å². The summed E-state index contributed by atoms with van der Waals surface area (Å²) in [7, 11) is -1.75. The van der Waals surface area contributed by atoms with Gasteiger partial charge in [0.2, 0.25) is 0 Å². The van der Waals surface area contributed by atoms with E-state index in [1.807, 2.05) is 0 Å². The van der Waals surface area contributed by atoms with E-state index in [-0.39, 0.29) is 11.1 Å². The number of nitrogens with one attached hydrogen (secondary N) is 1. The van der Waals surface area contributed by atoms with E-state index in [1.165, 1.54) is 6.20 Å². The van der Waals surface area contributed by atoms with Crippen LogP contribution in [-0.2, 0) is 17.1 Å². The van der Waals surface area contributed by atoms with E-state index in [4.69, 9.17) is 0 Å². The zero-order valence-corrected chi connectivity index (χ0v) is 12.2. The summed E-state index contributed by atoms with van der Waals surface area (Å²) in [5, 5.41) is 9.49. The maximum Gasteiger partial charge on any atom is 0.259 e. The summed E-state index contributed by atoms with van der Waals surface area (Å²) < 4.78 is 28.4. The van der Waals surface area contributed by atoms with Crippen molar-refractivity contribution in [3.8, 4) is 0 Å². The number of hydrogen-bond donors (Lipinski definition) is 2. The number of rotatable bonds is 4. The lowest BCUT2D eigenvalue weighted by molar-refractivity contribution is 0.109. The zero-order chi connectivity index (χ0) is 14.0. The van der Waals surface area contributed by atoms with Crippen molar-refractivity contribution >= 4 is 10.0 Å². The molecule has 1 saturated carbocycles. The van der Waals surface area contributed by atoms with Crippen LogP contribution in [0.3, 0.4) is 0 Å². The normalized spacial score (nSPS) is 24.6. The molecule has 108 valence electrons. The molecule has 0 radical (unpaired) electrons. The fourth-order valence-corrected chi connectivity index (χ4v) is 3.46. The average molecular weight is 287 g/mol. The van der Waals surface area contributed by atoms with Crippen LogP contribution in [0.4, 0.5) is 0 Å². The minimum Gasteiger partial charge on any atom is -0.393 e. The van der Waals surface area contributed by atoms with Gasteiger partial charge in [-0.2, -0.15) is 0 Å². The SMILES string of the molecule is Cc1nc(S(=O)(=O)NCC2CCC(O)CC2)cn1C. The van der Waals surface area contributed by atoms with E-state index in [9.17, 15) is 13.5 Å². The second-order valence-electron chi connectivity index (χ2n) is 5.26. The van der Waals surface area contributed by atoms with Gasteiger partial charge < -0.3 is 9.67 Å². The van der Waals surface area contributed by atoms with Crippen molar-refractivity contribution in [2.24, 2.45) is 13.0 Å². The Labute approximate surface area is 113 Å². The molecule has 19 heavy (non-hydrogen) atoms. The first-order valence-electron chi connectivity index (χ1n) is 6.56. The molecular weight excluding hydrogens is 266 g/mol. The molecule has 1 aliphatic rings. The number of aliphatic hydroxyl groups excluding tert-OH is 1. The van der Waals surface area contributed by atoms with Crippen LogP contribution in [-0.4, -0.2) is 35.7 Å². The van der Waals surface area contributed by atoms with Crippen molar-refractivity contribution in [1.82, 2.24) is 14.3 Å². The van der Waals surface area contributed by atoms with E-state index in [0.29, 0.717) is 18.3 Å². The third kappa shape index (κ3) is 3.55. The smallest absolute Gasteiger partial charge is 0.259 e. The molecule has 1 fully saturated rings. The monoisotopic (exact) mass is 287 g/mol. The molecule has 0 spiro atoms. The second-order valence-corrected chi connectivity index (χ2v) is 6.98. The molecule has 2 N–H and O–H groups in total. The van der Waals surface area contributed by atoms with Gasteiger partial charge in [0, 0.05) is 19.8 Å². The number of aromatic nitrogens is 2. The van der Waals surface area contributed by atoms with Crippen LogP contribution < -0.4 is 4.72 Å².